The van der Waals surface area contributed by atoms with E-state index in [0.29, 0.717) is 5.92 Å². The van der Waals surface area contributed by atoms with Gasteiger partial charge in [0.05, 0.1) is 0 Å². The summed E-state index contributed by atoms with van der Waals surface area (Å²) in [5.41, 5.74) is 5.00. The number of nitrogens with zero attached hydrogens (tertiary/aromatic N) is 2. The lowest BCUT2D eigenvalue weighted by Crippen LogP contribution is -2.06. The monoisotopic (exact) mass is 281 g/mol. The number of aryl methyl sites for hydroxylation is 1. The molecule has 1 heterocycles. The predicted molar refractivity (Wildman–Crippen MR) is 87.7 cm³/mol. The van der Waals surface area contributed by atoms with Gasteiger partial charge in [0, 0.05) is 23.4 Å². The Bertz CT molecular complexity index is 630. The molecule has 0 fully saturated rings. The van der Waals surface area contributed by atoms with Crippen LogP contribution >= 0.6 is 0 Å². The lowest BCUT2D eigenvalue weighted by atomic mass is 10.0. The van der Waals surface area contributed by atoms with Crippen LogP contribution in [0.5, 0.6) is 0 Å². The molecule has 1 N–H and O–H groups in total. The first-order valence-electron chi connectivity index (χ1n) is 7.93. The van der Waals surface area contributed by atoms with Crippen LogP contribution in [0.3, 0.4) is 0 Å². The predicted octanol–water partition coefficient (Wildman–Crippen LogP) is 4.19. The Morgan fingerprint density at radius 1 is 1.10 bits per heavy atom. The lowest BCUT2D eigenvalue weighted by molar-refractivity contribution is 0.866. The number of aromatic nitrogens is 2. The van der Waals surface area contributed by atoms with Gasteiger partial charge in [-0.05, 0) is 37.7 Å². The van der Waals surface area contributed by atoms with Gasteiger partial charge in [0.1, 0.15) is 5.82 Å². The van der Waals surface area contributed by atoms with E-state index in [1.807, 2.05) is 0 Å². The number of anilines is 1. The zero-order chi connectivity index (χ0) is 14.8. The fourth-order valence-electron chi connectivity index (χ4n) is 2.89. The van der Waals surface area contributed by atoms with Crippen LogP contribution in [0, 0.1) is 0 Å². The summed E-state index contributed by atoms with van der Waals surface area (Å²) in [5, 5.41) is 3.40. The highest BCUT2D eigenvalue weighted by molar-refractivity contribution is 5.61. The van der Waals surface area contributed by atoms with E-state index in [1.165, 1.54) is 23.2 Å². The molecule has 110 valence electrons. The molecule has 0 aliphatic heterocycles. The first-order valence-corrected chi connectivity index (χ1v) is 7.93. The van der Waals surface area contributed by atoms with E-state index in [9.17, 15) is 0 Å². The SMILES string of the molecule is CCNc1nc(-c2ccc(C(C)C)cc2)nc2c1CCC2. The standard InChI is InChI=1S/C18H23N3/c1-4-19-18-15-6-5-7-16(15)20-17(21-18)14-10-8-13(9-11-14)12(2)3/h8-12H,4-7H2,1-3H3,(H,19,20,21). The maximum Gasteiger partial charge on any atom is 0.161 e. The minimum absolute atomic E-state index is 0.553. The van der Waals surface area contributed by atoms with Crippen molar-refractivity contribution in [3.63, 3.8) is 0 Å². The van der Waals surface area contributed by atoms with Gasteiger partial charge in [-0.3, -0.25) is 0 Å². The van der Waals surface area contributed by atoms with Crippen molar-refractivity contribution in [3.05, 3.63) is 41.1 Å². The first-order chi connectivity index (χ1) is 10.2. The van der Waals surface area contributed by atoms with E-state index in [-0.39, 0.29) is 0 Å². The summed E-state index contributed by atoms with van der Waals surface area (Å²) in [7, 11) is 0. The Balaban J connectivity index is 2.00. The molecule has 0 radical (unpaired) electrons. The van der Waals surface area contributed by atoms with Crippen LogP contribution in [0.2, 0.25) is 0 Å². The van der Waals surface area contributed by atoms with Crippen LogP contribution in [0.4, 0.5) is 5.82 Å². The van der Waals surface area contributed by atoms with Crippen LogP contribution in [-0.4, -0.2) is 16.5 Å². The van der Waals surface area contributed by atoms with E-state index < -0.39 is 0 Å². The smallest absolute Gasteiger partial charge is 0.161 e. The number of hydrogen-bond acceptors (Lipinski definition) is 3. The summed E-state index contributed by atoms with van der Waals surface area (Å²) >= 11 is 0. The fourth-order valence-corrected chi connectivity index (χ4v) is 2.89. The lowest BCUT2D eigenvalue weighted by Gasteiger charge is -2.12. The topological polar surface area (TPSA) is 37.8 Å². The Morgan fingerprint density at radius 2 is 1.86 bits per heavy atom. The highest BCUT2D eigenvalue weighted by Gasteiger charge is 2.19. The maximum atomic E-state index is 4.79. The van der Waals surface area contributed by atoms with Gasteiger partial charge >= 0.3 is 0 Å². The van der Waals surface area contributed by atoms with Gasteiger partial charge in [-0.25, -0.2) is 9.97 Å². The minimum atomic E-state index is 0.553. The molecule has 0 saturated heterocycles. The van der Waals surface area contributed by atoms with Gasteiger partial charge in [0.2, 0.25) is 0 Å². The molecular weight excluding hydrogens is 258 g/mol. The summed E-state index contributed by atoms with van der Waals surface area (Å²) in [6.45, 7) is 7.43. The van der Waals surface area contributed by atoms with Gasteiger partial charge in [-0.2, -0.15) is 0 Å². The van der Waals surface area contributed by atoms with E-state index in [1.54, 1.807) is 0 Å². The molecule has 3 nitrogen and oxygen atoms in total. The number of nitrogens with one attached hydrogen (secondary N) is 1. The average molecular weight is 281 g/mol. The molecule has 0 saturated carbocycles. The molecule has 1 aromatic heterocycles. The van der Waals surface area contributed by atoms with E-state index in [0.717, 1.165) is 36.6 Å². The van der Waals surface area contributed by atoms with Crippen LogP contribution in [0.1, 0.15) is 49.9 Å². The molecule has 0 amide bonds. The van der Waals surface area contributed by atoms with E-state index >= 15 is 0 Å². The molecule has 1 aliphatic rings. The molecule has 3 rings (SSSR count). The summed E-state index contributed by atoms with van der Waals surface area (Å²) in [5.74, 6) is 2.43. The third-order valence-electron chi connectivity index (χ3n) is 4.11. The van der Waals surface area contributed by atoms with Gasteiger partial charge < -0.3 is 5.32 Å². The maximum absolute atomic E-state index is 4.79. The highest BCUT2D eigenvalue weighted by atomic mass is 15.0. The van der Waals surface area contributed by atoms with Crippen molar-refractivity contribution in [3.8, 4) is 11.4 Å². The largest absolute Gasteiger partial charge is 0.370 e. The van der Waals surface area contributed by atoms with Crippen LogP contribution < -0.4 is 5.32 Å². The Hall–Kier alpha value is -1.90. The van der Waals surface area contributed by atoms with Crippen LogP contribution in [0.25, 0.3) is 11.4 Å². The molecule has 1 aliphatic carbocycles. The second kappa shape index (κ2) is 5.84. The zero-order valence-corrected chi connectivity index (χ0v) is 13.1. The van der Waals surface area contributed by atoms with Gasteiger partial charge in [-0.1, -0.05) is 38.1 Å². The summed E-state index contributed by atoms with van der Waals surface area (Å²) in [6.07, 6.45) is 3.37. The Labute approximate surface area is 126 Å². The Morgan fingerprint density at radius 3 is 2.52 bits per heavy atom. The van der Waals surface area contributed by atoms with Gasteiger partial charge in [-0.15, -0.1) is 0 Å². The van der Waals surface area contributed by atoms with Gasteiger partial charge in [0.25, 0.3) is 0 Å². The molecule has 3 heteroatoms. The molecule has 0 unspecified atom stereocenters. The second-order valence-electron chi connectivity index (χ2n) is 5.98. The van der Waals surface area contributed by atoms with Gasteiger partial charge in [0.15, 0.2) is 5.82 Å². The summed E-state index contributed by atoms with van der Waals surface area (Å²) in [4.78, 5) is 9.55. The van der Waals surface area contributed by atoms with Crippen molar-refractivity contribution in [2.45, 2.75) is 46.0 Å². The average Bonchev–Trinajstić information content (AvgIpc) is 2.96. The van der Waals surface area contributed by atoms with Crippen LogP contribution in [-0.2, 0) is 12.8 Å². The highest BCUT2D eigenvalue weighted by Crippen LogP contribution is 2.29. The first kappa shape index (κ1) is 14.1. The van der Waals surface area contributed by atoms with E-state index in [2.05, 4.69) is 50.4 Å². The third kappa shape index (κ3) is 2.78. The van der Waals surface area contributed by atoms with Crippen LogP contribution in [0.15, 0.2) is 24.3 Å². The fraction of sp³-hybridized carbons (Fsp3) is 0.444. The molecule has 0 atom stereocenters. The molecule has 1 aromatic carbocycles. The van der Waals surface area contributed by atoms with Crippen molar-refractivity contribution < 1.29 is 0 Å². The molecular formula is C18H23N3. The van der Waals surface area contributed by atoms with Crippen molar-refractivity contribution >= 4 is 5.82 Å². The second-order valence-corrected chi connectivity index (χ2v) is 5.98. The third-order valence-corrected chi connectivity index (χ3v) is 4.11. The van der Waals surface area contributed by atoms with Crippen molar-refractivity contribution in [1.29, 1.82) is 0 Å². The van der Waals surface area contributed by atoms with E-state index in [4.69, 9.17) is 9.97 Å². The van der Waals surface area contributed by atoms with Crippen molar-refractivity contribution in [2.75, 3.05) is 11.9 Å². The molecule has 2 aromatic rings. The van der Waals surface area contributed by atoms with Crippen molar-refractivity contribution in [2.24, 2.45) is 0 Å². The zero-order valence-electron chi connectivity index (χ0n) is 13.1. The molecule has 0 bridgehead atoms. The molecule has 0 spiro atoms. The Kier molecular flexibility index (Phi) is 3.91. The quantitative estimate of drug-likeness (QED) is 0.913. The normalized spacial score (nSPS) is 13.5. The summed E-state index contributed by atoms with van der Waals surface area (Å²) < 4.78 is 0. The number of rotatable bonds is 4. The summed E-state index contributed by atoms with van der Waals surface area (Å²) in [6, 6.07) is 8.65. The number of benzene rings is 1. The minimum Gasteiger partial charge on any atom is -0.370 e. The van der Waals surface area contributed by atoms with Crippen molar-refractivity contribution in [1.82, 2.24) is 9.97 Å². The molecule has 21 heavy (non-hydrogen) atoms. The number of fused-ring (bicyclic) bond motifs is 1. The number of hydrogen-bond donors (Lipinski definition) is 1.